The molecule has 1 amide bonds. The van der Waals surface area contributed by atoms with Crippen molar-refractivity contribution in [1.29, 1.82) is 0 Å². The Morgan fingerprint density at radius 3 is 2.76 bits per heavy atom. The molecular formula is C17H25NO2Si. The van der Waals surface area contributed by atoms with E-state index in [4.69, 9.17) is 4.74 Å². The van der Waals surface area contributed by atoms with E-state index in [1.165, 1.54) is 11.1 Å². The zero-order valence-corrected chi connectivity index (χ0v) is 14.7. The average Bonchev–Trinajstić information content (AvgIpc) is 2.86. The number of amides is 1. The van der Waals surface area contributed by atoms with Gasteiger partial charge in [-0.15, -0.1) is 0 Å². The van der Waals surface area contributed by atoms with Gasteiger partial charge in [-0.25, -0.2) is 0 Å². The van der Waals surface area contributed by atoms with Crippen molar-refractivity contribution in [2.75, 3.05) is 18.6 Å². The van der Waals surface area contributed by atoms with Crippen LogP contribution in [0.15, 0.2) is 18.2 Å². The number of fused-ring (bicyclic) bond motifs is 2. The molecule has 0 saturated carbocycles. The molecule has 1 saturated heterocycles. The molecular weight excluding hydrogens is 278 g/mol. The number of anilines is 1. The Kier molecular flexibility index (Phi) is 3.30. The van der Waals surface area contributed by atoms with Crippen molar-refractivity contribution < 1.29 is 9.53 Å². The minimum atomic E-state index is -1.18. The van der Waals surface area contributed by atoms with Crippen LogP contribution in [0.5, 0.6) is 0 Å². The highest BCUT2D eigenvalue weighted by Crippen LogP contribution is 2.49. The van der Waals surface area contributed by atoms with Crippen LogP contribution in [0.1, 0.15) is 17.5 Å². The highest BCUT2D eigenvalue weighted by molar-refractivity contribution is 6.76. The number of carbonyl (C=O) groups is 1. The van der Waals surface area contributed by atoms with E-state index in [0.29, 0.717) is 6.61 Å². The molecule has 2 atom stereocenters. The fourth-order valence-corrected chi connectivity index (χ4v) is 5.42. The lowest BCUT2D eigenvalue weighted by Crippen LogP contribution is -2.39. The van der Waals surface area contributed by atoms with Crippen LogP contribution in [0.25, 0.3) is 0 Å². The maximum Gasteiger partial charge on any atom is 0.239 e. The first-order valence-corrected chi connectivity index (χ1v) is 11.4. The number of ether oxygens (including phenoxy) is 1. The first kappa shape index (κ1) is 14.8. The third kappa shape index (κ3) is 2.34. The average molecular weight is 303 g/mol. The Labute approximate surface area is 128 Å². The van der Waals surface area contributed by atoms with E-state index in [1.807, 2.05) is 11.9 Å². The summed E-state index contributed by atoms with van der Waals surface area (Å²) in [6, 6.07) is 7.46. The van der Waals surface area contributed by atoms with Gasteiger partial charge in [0, 0.05) is 20.8 Å². The van der Waals surface area contributed by atoms with E-state index < -0.39 is 13.5 Å². The number of carbonyl (C=O) groups excluding carboxylic acids is 1. The highest BCUT2D eigenvalue weighted by atomic mass is 28.3. The summed E-state index contributed by atoms with van der Waals surface area (Å²) < 4.78 is 6.07. The lowest BCUT2D eigenvalue weighted by molar-refractivity contribution is -0.122. The van der Waals surface area contributed by atoms with Crippen molar-refractivity contribution in [3.05, 3.63) is 29.3 Å². The Morgan fingerprint density at radius 1 is 1.38 bits per heavy atom. The monoisotopic (exact) mass is 303 g/mol. The molecule has 0 aromatic heterocycles. The van der Waals surface area contributed by atoms with E-state index in [9.17, 15) is 4.79 Å². The Balaban J connectivity index is 1.96. The predicted octanol–water partition coefficient (Wildman–Crippen LogP) is 3.34. The van der Waals surface area contributed by atoms with Gasteiger partial charge in [0.05, 0.1) is 12.7 Å². The minimum absolute atomic E-state index is 0.209. The van der Waals surface area contributed by atoms with Gasteiger partial charge < -0.3 is 9.64 Å². The molecule has 2 aliphatic rings. The van der Waals surface area contributed by atoms with Gasteiger partial charge in [0.1, 0.15) is 5.41 Å². The second-order valence-corrected chi connectivity index (χ2v) is 13.4. The van der Waals surface area contributed by atoms with Crippen LogP contribution in [0.2, 0.25) is 25.7 Å². The fraction of sp³-hybridized carbons (Fsp3) is 0.588. The summed E-state index contributed by atoms with van der Waals surface area (Å²) in [7, 11) is 0.705. The summed E-state index contributed by atoms with van der Waals surface area (Å²) in [5.41, 5.74) is 3.02. The second-order valence-electron chi connectivity index (χ2n) is 7.87. The highest BCUT2D eigenvalue weighted by Gasteiger charge is 2.55. The Hall–Kier alpha value is -1.13. The number of likely N-dealkylation sites (N-methyl/N-ethyl adjacent to an activating group) is 1. The maximum absolute atomic E-state index is 12.9. The number of hydrogen-bond acceptors (Lipinski definition) is 2. The molecule has 1 aromatic rings. The van der Waals surface area contributed by atoms with Gasteiger partial charge in [0.2, 0.25) is 5.91 Å². The Morgan fingerprint density at radius 2 is 2.10 bits per heavy atom. The maximum atomic E-state index is 12.9. The summed E-state index contributed by atoms with van der Waals surface area (Å²) in [6.07, 6.45) is 1.08. The molecule has 1 aromatic carbocycles. The van der Waals surface area contributed by atoms with E-state index in [1.54, 1.807) is 0 Å². The predicted molar refractivity (Wildman–Crippen MR) is 88.8 cm³/mol. The molecule has 2 heterocycles. The topological polar surface area (TPSA) is 29.5 Å². The first-order chi connectivity index (χ1) is 9.73. The normalized spacial score (nSPS) is 28.5. The quantitative estimate of drug-likeness (QED) is 0.784. The van der Waals surface area contributed by atoms with Gasteiger partial charge in [-0.2, -0.15) is 0 Å². The van der Waals surface area contributed by atoms with Crippen molar-refractivity contribution in [1.82, 2.24) is 0 Å². The molecule has 0 radical (unpaired) electrons. The summed E-state index contributed by atoms with van der Waals surface area (Å²) >= 11 is 0. The Bertz CT molecular complexity index is 593. The van der Waals surface area contributed by atoms with E-state index in [2.05, 4.69) is 44.8 Å². The summed E-state index contributed by atoms with van der Waals surface area (Å²) in [5.74, 6) is 0.209. The summed E-state index contributed by atoms with van der Waals surface area (Å²) in [5, 5.41) is 0. The molecule has 4 heteroatoms. The SMILES string of the molecule is Cc1ccc2c(c1)[C@@]1(CO[C@@H](C[Si](C)(C)C)C1)C(=O)N2C. The number of aryl methyl sites for hydroxylation is 1. The molecule has 114 valence electrons. The minimum Gasteiger partial charge on any atom is -0.377 e. The van der Waals surface area contributed by atoms with Crippen molar-refractivity contribution in [2.45, 2.75) is 50.5 Å². The van der Waals surface area contributed by atoms with E-state index in [-0.39, 0.29) is 12.0 Å². The molecule has 1 spiro atoms. The molecule has 0 bridgehead atoms. The smallest absolute Gasteiger partial charge is 0.239 e. The van der Waals surface area contributed by atoms with Crippen LogP contribution >= 0.6 is 0 Å². The molecule has 0 N–H and O–H groups in total. The zero-order chi connectivity index (χ0) is 15.4. The van der Waals surface area contributed by atoms with Crippen LogP contribution in [0.4, 0.5) is 5.69 Å². The molecule has 3 rings (SSSR count). The van der Waals surface area contributed by atoms with Crippen LogP contribution in [0, 0.1) is 6.92 Å². The van der Waals surface area contributed by atoms with Gasteiger partial charge in [-0.1, -0.05) is 37.3 Å². The molecule has 3 nitrogen and oxygen atoms in total. The number of benzene rings is 1. The van der Waals surface area contributed by atoms with Crippen molar-refractivity contribution in [3.63, 3.8) is 0 Å². The van der Waals surface area contributed by atoms with Gasteiger partial charge in [0.15, 0.2) is 0 Å². The van der Waals surface area contributed by atoms with Crippen LogP contribution < -0.4 is 4.90 Å². The van der Waals surface area contributed by atoms with Gasteiger partial charge in [-0.05, 0) is 31.0 Å². The molecule has 0 aliphatic carbocycles. The molecule has 2 aliphatic heterocycles. The third-order valence-corrected chi connectivity index (χ3v) is 6.40. The van der Waals surface area contributed by atoms with Crippen LogP contribution in [-0.2, 0) is 14.9 Å². The lowest BCUT2D eigenvalue weighted by atomic mass is 9.79. The molecule has 1 fully saturated rings. The zero-order valence-electron chi connectivity index (χ0n) is 13.7. The number of hydrogen-bond donors (Lipinski definition) is 0. The first-order valence-electron chi connectivity index (χ1n) is 7.74. The number of rotatable bonds is 2. The fourth-order valence-electron chi connectivity index (χ4n) is 3.79. The summed E-state index contributed by atoms with van der Waals surface area (Å²) in [6.45, 7) is 9.72. The van der Waals surface area contributed by atoms with Crippen molar-refractivity contribution in [3.8, 4) is 0 Å². The third-order valence-electron chi connectivity index (χ3n) is 4.72. The van der Waals surface area contributed by atoms with Gasteiger partial charge >= 0.3 is 0 Å². The van der Waals surface area contributed by atoms with Crippen molar-refractivity contribution in [2.24, 2.45) is 0 Å². The van der Waals surface area contributed by atoms with Crippen LogP contribution in [0.3, 0.4) is 0 Å². The van der Waals surface area contributed by atoms with E-state index in [0.717, 1.165) is 18.2 Å². The van der Waals surface area contributed by atoms with E-state index >= 15 is 0 Å². The van der Waals surface area contributed by atoms with Gasteiger partial charge in [0.25, 0.3) is 0 Å². The van der Waals surface area contributed by atoms with Crippen molar-refractivity contribution >= 4 is 19.7 Å². The second kappa shape index (κ2) is 4.68. The number of nitrogens with zero attached hydrogens (tertiary/aromatic N) is 1. The van der Waals surface area contributed by atoms with Gasteiger partial charge in [-0.3, -0.25) is 4.79 Å². The molecule has 0 unspecified atom stereocenters. The standard InChI is InChI=1S/C17H25NO2Si/c1-12-6-7-15-14(8-12)17(16(19)18(15)2)9-13(20-11-17)10-21(3,4)5/h6-8,13H,9-11H2,1-5H3/t13-,17-/m1/s1. The molecule has 21 heavy (non-hydrogen) atoms. The largest absolute Gasteiger partial charge is 0.377 e. The summed E-state index contributed by atoms with van der Waals surface area (Å²) in [4.78, 5) is 14.7. The lowest BCUT2D eigenvalue weighted by Gasteiger charge is -2.23. The van der Waals surface area contributed by atoms with Crippen LogP contribution in [-0.4, -0.2) is 33.7 Å².